The van der Waals surface area contributed by atoms with Crippen molar-refractivity contribution < 1.29 is 39.8 Å². The maximum atomic E-state index is 6.72. The highest BCUT2D eigenvalue weighted by molar-refractivity contribution is 6.92. The lowest BCUT2D eigenvalue weighted by molar-refractivity contribution is 0.00492. The summed E-state index contributed by atoms with van der Waals surface area (Å²) in [6.07, 6.45) is -0.631. The molecule has 0 bridgehead atoms. The van der Waals surface area contributed by atoms with E-state index in [0.717, 1.165) is 0 Å². The van der Waals surface area contributed by atoms with Crippen molar-refractivity contribution in [2.24, 2.45) is 0 Å². The van der Waals surface area contributed by atoms with Crippen molar-refractivity contribution in [3.05, 3.63) is 0 Å². The molecule has 0 spiro atoms. The van der Waals surface area contributed by atoms with Gasteiger partial charge in [-0.2, -0.15) is 0 Å². The first-order valence-corrected chi connectivity index (χ1v) is 24.9. The molecule has 0 unspecified atom stereocenters. The summed E-state index contributed by atoms with van der Waals surface area (Å²) in [5, 5.41) is 0. The Labute approximate surface area is 271 Å². The molecule has 13 heteroatoms. The number of rotatable bonds is 24. The molecule has 43 heavy (non-hydrogen) atoms. The SMILES string of the molecule is CC(C)O[Si](C[SiH](C[Si](OC(C)C)(OC(C)C)OC(C)C)C[Si](OC(C)C)(OC(C)C)OC(C)C)(OC(C)C)OC(C)C. The Balaban J connectivity index is 7.39. The molecule has 0 aromatic carbocycles. The Morgan fingerprint density at radius 1 is 0.279 bits per heavy atom. The van der Waals surface area contributed by atoms with Gasteiger partial charge >= 0.3 is 26.4 Å². The second-order valence-corrected chi connectivity index (χ2v) is 26.9. The normalized spacial score (nSPS) is 14.2. The van der Waals surface area contributed by atoms with Crippen LogP contribution in [0.25, 0.3) is 0 Å². The maximum absolute atomic E-state index is 6.72. The first-order valence-electron chi connectivity index (χ1n) is 16.6. The quantitative estimate of drug-likeness (QED) is 0.0961. The van der Waals surface area contributed by atoms with Crippen LogP contribution in [0.15, 0.2) is 0 Å². The van der Waals surface area contributed by atoms with Gasteiger partial charge in [-0.3, -0.25) is 0 Å². The summed E-state index contributed by atoms with van der Waals surface area (Å²) in [5.41, 5.74) is 1.96. The lowest BCUT2D eigenvalue weighted by atomic mass is 10.5. The molecule has 0 aliphatic carbocycles. The molecule has 0 amide bonds. The minimum atomic E-state index is -3.21. The van der Waals surface area contributed by atoms with E-state index in [-0.39, 0.29) is 54.9 Å². The average Bonchev–Trinajstić information content (AvgIpc) is 2.67. The lowest BCUT2D eigenvalue weighted by Crippen LogP contribution is -2.60. The monoisotopic (exact) mass is 686 g/mol. The highest BCUT2D eigenvalue weighted by Crippen LogP contribution is 2.35. The Bertz CT molecular complexity index is 560. The predicted octanol–water partition coefficient (Wildman–Crippen LogP) is 7.47. The molecule has 0 aliphatic heterocycles. The van der Waals surface area contributed by atoms with Gasteiger partial charge in [0.25, 0.3) is 0 Å². The van der Waals surface area contributed by atoms with Crippen molar-refractivity contribution in [1.82, 2.24) is 0 Å². The van der Waals surface area contributed by atoms with Crippen LogP contribution in [0.2, 0.25) is 17.0 Å². The fraction of sp³-hybridized carbons (Fsp3) is 1.00. The van der Waals surface area contributed by atoms with Crippen molar-refractivity contribution >= 4 is 35.2 Å². The van der Waals surface area contributed by atoms with Gasteiger partial charge in [0.1, 0.15) is 0 Å². The van der Waals surface area contributed by atoms with E-state index < -0.39 is 35.2 Å². The zero-order valence-corrected chi connectivity index (χ0v) is 35.2. The largest absolute Gasteiger partial charge is 0.498 e. The molecule has 0 aliphatic rings. The van der Waals surface area contributed by atoms with Crippen molar-refractivity contribution in [1.29, 1.82) is 0 Å². The van der Waals surface area contributed by atoms with Gasteiger partial charge in [0.05, 0.1) is 8.80 Å². The summed E-state index contributed by atoms with van der Waals surface area (Å²) >= 11 is 0. The van der Waals surface area contributed by atoms with Gasteiger partial charge in [-0.1, -0.05) is 0 Å². The van der Waals surface area contributed by atoms with Crippen LogP contribution in [0.3, 0.4) is 0 Å². The molecule has 260 valence electrons. The van der Waals surface area contributed by atoms with Crippen molar-refractivity contribution in [3.63, 3.8) is 0 Å². The predicted molar refractivity (Wildman–Crippen MR) is 185 cm³/mol. The second kappa shape index (κ2) is 20.0. The van der Waals surface area contributed by atoms with E-state index in [2.05, 4.69) is 0 Å². The molecular formula is C30H70O9Si4. The molecule has 0 rings (SSSR count). The summed E-state index contributed by atoms with van der Waals surface area (Å²) < 4.78 is 60.5. The summed E-state index contributed by atoms with van der Waals surface area (Å²) in [7, 11) is -11.7. The molecule has 0 fully saturated rings. The molecule has 9 nitrogen and oxygen atoms in total. The minimum absolute atomic E-state index is 0.0701. The van der Waals surface area contributed by atoms with Gasteiger partial charge < -0.3 is 39.8 Å². The van der Waals surface area contributed by atoms with Crippen molar-refractivity contribution in [2.45, 2.75) is 197 Å². The third kappa shape index (κ3) is 19.1. The van der Waals surface area contributed by atoms with Gasteiger partial charge in [0.15, 0.2) is 0 Å². The van der Waals surface area contributed by atoms with Crippen LogP contribution >= 0.6 is 0 Å². The highest BCUT2D eigenvalue weighted by atomic mass is 28.5. The molecule has 0 atom stereocenters. The van der Waals surface area contributed by atoms with Crippen LogP contribution in [0, 0.1) is 0 Å². The van der Waals surface area contributed by atoms with E-state index in [1.54, 1.807) is 0 Å². The fourth-order valence-corrected chi connectivity index (χ4v) is 29.7. The van der Waals surface area contributed by atoms with Gasteiger partial charge in [0.2, 0.25) is 0 Å². The smallest absolute Gasteiger partial charge is 0.371 e. The van der Waals surface area contributed by atoms with Crippen LogP contribution in [-0.2, 0) is 39.8 Å². The lowest BCUT2D eigenvalue weighted by Gasteiger charge is -2.42. The van der Waals surface area contributed by atoms with Crippen LogP contribution in [-0.4, -0.2) is 90.1 Å². The van der Waals surface area contributed by atoms with E-state index in [0.29, 0.717) is 17.0 Å². The van der Waals surface area contributed by atoms with Gasteiger partial charge in [-0.25, -0.2) is 0 Å². The Kier molecular flexibility index (Phi) is 20.2. The van der Waals surface area contributed by atoms with E-state index in [1.165, 1.54) is 0 Å². The van der Waals surface area contributed by atoms with Crippen LogP contribution < -0.4 is 0 Å². The van der Waals surface area contributed by atoms with Crippen LogP contribution in [0.4, 0.5) is 0 Å². The van der Waals surface area contributed by atoms with E-state index in [1.807, 2.05) is 125 Å². The van der Waals surface area contributed by atoms with Crippen molar-refractivity contribution in [2.75, 3.05) is 0 Å². The Morgan fingerprint density at radius 2 is 0.395 bits per heavy atom. The molecule has 0 heterocycles. The fourth-order valence-electron chi connectivity index (χ4n) is 5.19. The van der Waals surface area contributed by atoms with E-state index >= 15 is 0 Å². The summed E-state index contributed by atoms with van der Waals surface area (Å²) in [5.74, 6) is 0. The van der Waals surface area contributed by atoms with Crippen LogP contribution in [0.5, 0.6) is 0 Å². The number of hydrogen-bond acceptors (Lipinski definition) is 9. The maximum Gasteiger partial charge on any atom is 0.498 e. The average molecular weight is 687 g/mol. The highest BCUT2D eigenvalue weighted by Gasteiger charge is 2.56. The Morgan fingerprint density at radius 3 is 0.488 bits per heavy atom. The van der Waals surface area contributed by atoms with Gasteiger partial charge in [-0.15, -0.1) is 0 Å². The molecule has 0 aromatic heterocycles. The molecule has 0 N–H and O–H groups in total. The van der Waals surface area contributed by atoms with E-state index in [9.17, 15) is 0 Å². The summed E-state index contributed by atoms with van der Waals surface area (Å²) in [6.45, 7) is 36.8. The summed E-state index contributed by atoms with van der Waals surface area (Å²) in [6, 6.07) is 0. The third-order valence-electron chi connectivity index (χ3n) is 5.35. The van der Waals surface area contributed by atoms with E-state index in [4.69, 9.17) is 39.8 Å². The van der Waals surface area contributed by atoms with Gasteiger partial charge in [-0.05, 0) is 125 Å². The first-order chi connectivity index (χ1) is 19.5. The zero-order valence-electron chi connectivity index (χ0n) is 31.1. The molecule has 0 aromatic rings. The zero-order chi connectivity index (χ0) is 33.8. The minimum Gasteiger partial charge on any atom is -0.371 e. The molecular weight excluding hydrogens is 617 g/mol. The summed E-state index contributed by atoms with van der Waals surface area (Å²) in [4.78, 5) is 0. The molecule has 0 radical (unpaired) electrons. The molecule has 0 saturated heterocycles. The van der Waals surface area contributed by atoms with Gasteiger partial charge in [0, 0.05) is 71.9 Å². The standard InChI is InChI=1S/C30H70O9Si4/c1-22(2)31-41(32-23(3)4,33-24(5)6)19-40(20-42(34-25(7)8,35-26(9)10)36-27(11)12)21-43(37-28(13)14,38-29(15)16)39-30(17)18/h22-30,40H,19-21H2,1-18H3. The van der Waals surface area contributed by atoms with Crippen molar-refractivity contribution in [3.8, 4) is 0 Å². The Hall–Kier alpha value is 0.508. The third-order valence-corrected chi connectivity index (χ3v) is 25.8. The van der Waals surface area contributed by atoms with Crippen LogP contribution in [0.1, 0.15) is 125 Å². The second-order valence-electron chi connectivity index (χ2n) is 14.0. The number of hydrogen-bond donors (Lipinski definition) is 0. The first kappa shape index (κ1) is 43.5. The topological polar surface area (TPSA) is 83.1 Å². The molecule has 0 saturated carbocycles.